The van der Waals surface area contributed by atoms with E-state index in [1.807, 2.05) is 6.92 Å². The molecule has 8 rings (SSSR count). The Morgan fingerprint density at radius 1 is 0.571 bits per heavy atom. The van der Waals surface area contributed by atoms with Crippen molar-refractivity contribution in [2.24, 2.45) is 0 Å². The summed E-state index contributed by atoms with van der Waals surface area (Å²) < 4.78 is 0. The van der Waals surface area contributed by atoms with Crippen LogP contribution in [0.5, 0.6) is 0 Å². The van der Waals surface area contributed by atoms with Gasteiger partial charge in [-0.1, -0.05) is 106 Å². The lowest BCUT2D eigenvalue weighted by atomic mass is 9.81. The summed E-state index contributed by atoms with van der Waals surface area (Å²) in [6.45, 7) is 8.95. The number of aryl methyl sites for hydroxylation is 2. The van der Waals surface area contributed by atoms with Gasteiger partial charge in [0.05, 0.1) is 11.0 Å². The molecule has 5 aromatic carbocycles. The molecular formula is C40H32N2. The number of rotatable bonds is 3. The minimum Gasteiger partial charge on any atom is -0.251 e. The van der Waals surface area contributed by atoms with Crippen molar-refractivity contribution in [3.63, 3.8) is 0 Å². The molecule has 2 heteroatoms. The summed E-state index contributed by atoms with van der Waals surface area (Å²) in [6, 6.07) is 40.3. The molecule has 7 aromatic rings. The van der Waals surface area contributed by atoms with Gasteiger partial charge >= 0.3 is 0 Å². The van der Waals surface area contributed by atoms with Gasteiger partial charge in [-0.2, -0.15) is 0 Å². The number of hydrogen-bond donors (Lipinski definition) is 0. The fraction of sp³-hybridized carbons (Fsp3) is 0.150. The molecule has 0 fully saturated rings. The van der Waals surface area contributed by atoms with E-state index >= 15 is 0 Å². The Bertz CT molecular complexity index is 2220. The molecule has 2 heterocycles. The third kappa shape index (κ3) is 3.65. The molecule has 0 radical (unpaired) electrons. The number of fused-ring (bicyclic) bond motifs is 8. The van der Waals surface area contributed by atoms with E-state index in [0.29, 0.717) is 0 Å². The maximum Gasteiger partial charge on any atom is 0.0974 e. The van der Waals surface area contributed by atoms with Crippen LogP contribution >= 0.6 is 0 Å². The predicted octanol–water partition coefficient (Wildman–Crippen LogP) is 10.4. The third-order valence-corrected chi connectivity index (χ3v) is 9.26. The molecule has 0 amide bonds. The van der Waals surface area contributed by atoms with Gasteiger partial charge < -0.3 is 0 Å². The first kappa shape index (κ1) is 24.9. The summed E-state index contributed by atoms with van der Waals surface area (Å²) >= 11 is 0. The smallest absolute Gasteiger partial charge is 0.0974 e. The summed E-state index contributed by atoms with van der Waals surface area (Å²) in [6.07, 6.45) is 0.875. The number of aromatic nitrogens is 2. The van der Waals surface area contributed by atoms with Gasteiger partial charge in [-0.15, -0.1) is 0 Å². The molecule has 0 spiro atoms. The Hall–Kier alpha value is -4.82. The lowest BCUT2D eigenvalue weighted by Crippen LogP contribution is -2.15. The second-order valence-electron chi connectivity index (χ2n) is 12.2. The fourth-order valence-electron chi connectivity index (χ4n) is 6.99. The molecule has 202 valence electrons. The zero-order valence-corrected chi connectivity index (χ0v) is 24.5. The van der Waals surface area contributed by atoms with Gasteiger partial charge in [-0.05, 0) is 92.9 Å². The summed E-state index contributed by atoms with van der Waals surface area (Å²) in [4.78, 5) is 9.96. The normalized spacial score (nSPS) is 13.5. The highest BCUT2D eigenvalue weighted by Gasteiger charge is 2.36. The first-order valence-corrected chi connectivity index (χ1v) is 14.9. The van der Waals surface area contributed by atoms with Crippen molar-refractivity contribution in [3.05, 3.63) is 132 Å². The Morgan fingerprint density at radius 3 is 2.24 bits per heavy atom. The van der Waals surface area contributed by atoms with E-state index in [1.165, 1.54) is 55.3 Å². The lowest BCUT2D eigenvalue weighted by Gasteiger charge is -2.22. The van der Waals surface area contributed by atoms with Gasteiger partial charge in [-0.3, -0.25) is 9.97 Å². The fourth-order valence-corrected chi connectivity index (χ4v) is 6.99. The average molecular weight is 541 g/mol. The van der Waals surface area contributed by atoms with Crippen molar-refractivity contribution >= 4 is 32.6 Å². The van der Waals surface area contributed by atoms with Gasteiger partial charge in [0.25, 0.3) is 0 Å². The van der Waals surface area contributed by atoms with Crippen LogP contribution < -0.4 is 0 Å². The minimum atomic E-state index is -0.0637. The summed E-state index contributed by atoms with van der Waals surface area (Å²) in [7, 11) is 0. The number of benzene rings is 5. The summed E-state index contributed by atoms with van der Waals surface area (Å²) in [5.41, 5.74) is 14.4. The monoisotopic (exact) mass is 540 g/mol. The first-order chi connectivity index (χ1) is 20.4. The molecule has 0 atom stereocenters. The van der Waals surface area contributed by atoms with Crippen LogP contribution in [0, 0.1) is 6.92 Å². The van der Waals surface area contributed by atoms with Gasteiger partial charge in [-0.25, -0.2) is 0 Å². The van der Waals surface area contributed by atoms with Crippen LogP contribution in [-0.4, -0.2) is 9.97 Å². The van der Waals surface area contributed by atoms with Crippen LogP contribution in [-0.2, 0) is 11.8 Å². The molecule has 0 saturated carbocycles. The SMILES string of the molecule is CCc1cc(-c2cccc(-c3ccc4c(c3)C(C)(C)c3ccc5ccccc5c3-4)c2)c2ccc3ccc(C)nc3c2n1. The van der Waals surface area contributed by atoms with Crippen LogP contribution in [0.1, 0.15) is 43.3 Å². The maximum absolute atomic E-state index is 5.06. The van der Waals surface area contributed by atoms with E-state index in [-0.39, 0.29) is 5.41 Å². The van der Waals surface area contributed by atoms with Crippen LogP contribution in [0.4, 0.5) is 0 Å². The molecule has 0 bridgehead atoms. The van der Waals surface area contributed by atoms with Gasteiger partial charge in [0, 0.05) is 27.6 Å². The molecule has 0 saturated heterocycles. The molecule has 0 N–H and O–H groups in total. The average Bonchev–Trinajstić information content (AvgIpc) is 3.26. The topological polar surface area (TPSA) is 25.8 Å². The van der Waals surface area contributed by atoms with E-state index in [0.717, 1.165) is 39.6 Å². The Balaban J connectivity index is 1.29. The van der Waals surface area contributed by atoms with Crippen molar-refractivity contribution in [3.8, 4) is 33.4 Å². The van der Waals surface area contributed by atoms with Gasteiger partial charge in [0.15, 0.2) is 0 Å². The first-order valence-electron chi connectivity index (χ1n) is 14.9. The Morgan fingerprint density at radius 2 is 1.36 bits per heavy atom. The van der Waals surface area contributed by atoms with E-state index in [2.05, 4.69) is 130 Å². The van der Waals surface area contributed by atoms with Crippen LogP contribution in [0.15, 0.2) is 109 Å². The van der Waals surface area contributed by atoms with Crippen molar-refractivity contribution in [1.29, 1.82) is 0 Å². The second-order valence-corrected chi connectivity index (χ2v) is 12.2. The minimum absolute atomic E-state index is 0.0637. The molecular weight excluding hydrogens is 508 g/mol. The lowest BCUT2D eigenvalue weighted by molar-refractivity contribution is 0.661. The predicted molar refractivity (Wildman–Crippen MR) is 177 cm³/mol. The highest BCUT2D eigenvalue weighted by molar-refractivity contribution is 6.08. The van der Waals surface area contributed by atoms with Gasteiger partial charge in [0.2, 0.25) is 0 Å². The molecule has 0 unspecified atom stereocenters. The quantitative estimate of drug-likeness (QED) is 0.208. The van der Waals surface area contributed by atoms with E-state index < -0.39 is 0 Å². The van der Waals surface area contributed by atoms with Crippen LogP contribution in [0.3, 0.4) is 0 Å². The molecule has 1 aliphatic carbocycles. The van der Waals surface area contributed by atoms with Crippen LogP contribution in [0.25, 0.3) is 66.0 Å². The highest BCUT2D eigenvalue weighted by atomic mass is 14.8. The van der Waals surface area contributed by atoms with E-state index in [9.17, 15) is 0 Å². The van der Waals surface area contributed by atoms with E-state index in [4.69, 9.17) is 9.97 Å². The van der Waals surface area contributed by atoms with Crippen molar-refractivity contribution in [2.75, 3.05) is 0 Å². The highest BCUT2D eigenvalue weighted by Crippen LogP contribution is 2.52. The summed E-state index contributed by atoms with van der Waals surface area (Å²) in [5.74, 6) is 0. The van der Waals surface area contributed by atoms with Crippen molar-refractivity contribution in [1.82, 2.24) is 9.97 Å². The molecule has 1 aliphatic rings. The molecule has 42 heavy (non-hydrogen) atoms. The second kappa shape index (κ2) is 9.09. The molecule has 2 aromatic heterocycles. The van der Waals surface area contributed by atoms with Gasteiger partial charge in [0.1, 0.15) is 0 Å². The standard InChI is InChI=1S/C40H32N2/c1-5-30-23-34(32-18-15-26-14-13-24(2)41-38(26)39(32)42-30)29-11-8-10-27(21-29)28-16-19-33-36(22-28)40(3,4)35-20-17-25-9-6-7-12-31(25)37(33)35/h6-23H,5H2,1-4H3. The zero-order valence-electron chi connectivity index (χ0n) is 24.5. The number of pyridine rings is 2. The Labute approximate surface area is 246 Å². The summed E-state index contributed by atoms with van der Waals surface area (Å²) in [5, 5.41) is 4.91. The number of nitrogens with zero attached hydrogens (tertiary/aromatic N) is 2. The molecule has 0 aliphatic heterocycles. The maximum atomic E-state index is 5.06. The zero-order chi connectivity index (χ0) is 28.6. The van der Waals surface area contributed by atoms with Crippen LogP contribution in [0.2, 0.25) is 0 Å². The van der Waals surface area contributed by atoms with E-state index in [1.54, 1.807) is 0 Å². The Kier molecular flexibility index (Phi) is 5.40. The third-order valence-electron chi connectivity index (χ3n) is 9.26. The number of hydrogen-bond acceptors (Lipinski definition) is 2. The largest absolute Gasteiger partial charge is 0.251 e. The molecule has 2 nitrogen and oxygen atoms in total. The van der Waals surface area contributed by atoms with Crippen molar-refractivity contribution in [2.45, 2.75) is 39.5 Å². The van der Waals surface area contributed by atoms with Crippen molar-refractivity contribution < 1.29 is 0 Å².